The largest absolute Gasteiger partial charge is 0.410 e. The lowest BCUT2D eigenvalue weighted by molar-refractivity contribution is -0.00502. The van der Waals surface area contributed by atoms with Crippen LogP contribution in [-0.4, -0.2) is 46.7 Å². The molecule has 1 atom stereocenters. The number of hydrogen-bond donors (Lipinski definition) is 2. The van der Waals surface area contributed by atoms with Crippen molar-refractivity contribution in [3.05, 3.63) is 47.8 Å². The molecule has 0 fully saturated rings. The first-order valence-corrected chi connectivity index (χ1v) is 7.89. The van der Waals surface area contributed by atoms with Crippen LogP contribution in [-0.2, 0) is 4.74 Å². The summed E-state index contributed by atoms with van der Waals surface area (Å²) in [6, 6.07) is 4.11. The molecule has 0 aliphatic heterocycles. The Morgan fingerprint density at radius 1 is 1.48 bits per heavy atom. The van der Waals surface area contributed by atoms with Gasteiger partial charge in [0.25, 0.3) is 0 Å². The molecule has 2 aromatic rings. The predicted octanol–water partition coefficient (Wildman–Crippen LogP) is 2.35. The molecule has 132 valence electrons. The quantitative estimate of drug-likeness (QED) is 0.365. The van der Waals surface area contributed by atoms with E-state index >= 15 is 0 Å². The van der Waals surface area contributed by atoms with Crippen LogP contribution in [0, 0.1) is 12.7 Å². The normalized spacial score (nSPS) is 13.9. The van der Waals surface area contributed by atoms with E-state index in [1.54, 1.807) is 36.0 Å². The third kappa shape index (κ3) is 4.67. The first-order valence-electron chi connectivity index (χ1n) is 7.89. The van der Waals surface area contributed by atoms with Crippen molar-refractivity contribution in [1.29, 1.82) is 0 Å². The summed E-state index contributed by atoms with van der Waals surface area (Å²) in [5, 5.41) is 15.5. The number of nitrogens with zero attached hydrogens (tertiary/aromatic N) is 3. The number of ether oxygens (including phenoxy) is 1. The number of hydrogen-bond acceptors (Lipinski definition) is 5. The van der Waals surface area contributed by atoms with E-state index in [4.69, 9.17) is 12.7 Å². The number of benzene rings is 1. The van der Waals surface area contributed by atoms with Gasteiger partial charge >= 0.3 is 0 Å². The average molecular weight is 344 g/mol. The lowest BCUT2D eigenvalue weighted by Crippen LogP contribution is -2.43. The zero-order chi connectivity index (χ0) is 18.6. The van der Waals surface area contributed by atoms with E-state index in [0.29, 0.717) is 17.1 Å². The Morgan fingerprint density at radius 3 is 2.76 bits per heavy atom. The van der Waals surface area contributed by atoms with E-state index in [2.05, 4.69) is 15.4 Å². The van der Waals surface area contributed by atoms with Crippen molar-refractivity contribution < 1.29 is 14.3 Å². The van der Waals surface area contributed by atoms with E-state index in [1.807, 2.05) is 20.8 Å². The minimum Gasteiger partial charge on any atom is -0.410 e. The Morgan fingerprint density at radius 2 is 2.20 bits per heavy atom. The Hall–Kier alpha value is -2.19. The fraction of sp³-hybridized carbons (Fsp3) is 0.412. The molecule has 1 heterocycles. The topological polar surface area (TPSA) is 71.7 Å². The lowest BCUT2D eigenvalue weighted by atomic mass is 10.1. The van der Waals surface area contributed by atoms with Crippen LogP contribution in [0.2, 0.25) is 0 Å². The predicted molar refractivity (Wildman–Crippen MR) is 95.0 cm³/mol. The number of nitrogens with one attached hydrogen (secondary N) is 1. The summed E-state index contributed by atoms with van der Waals surface area (Å²) >= 11 is 0. The SMILES string of the molecule is [B]NC(COC(C)(C)C)/C(=N/O)c1nccn1-c1ccc(F)c(C)c1. The van der Waals surface area contributed by atoms with Crippen molar-refractivity contribution in [2.45, 2.75) is 39.3 Å². The standard InChI is InChI=1S/C17H22BFN4O2/c1-11-9-12(5-6-13(11)19)23-8-7-20-16(23)15(22-24)14(21-18)10-25-17(2,3)4/h5-9,14,21,24H,10H2,1-4H3/b22-15-. The maximum Gasteiger partial charge on any atom is 0.178 e. The molecule has 25 heavy (non-hydrogen) atoms. The Kier molecular flexibility index (Phi) is 5.97. The van der Waals surface area contributed by atoms with E-state index in [1.165, 1.54) is 6.07 Å². The highest BCUT2D eigenvalue weighted by Crippen LogP contribution is 2.17. The minimum atomic E-state index is -0.577. The Bertz CT molecular complexity index is 755. The van der Waals surface area contributed by atoms with E-state index in [9.17, 15) is 9.60 Å². The van der Waals surface area contributed by atoms with Gasteiger partial charge in [0.05, 0.1) is 18.2 Å². The van der Waals surface area contributed by atoms with Gasteiger partial charge in [-0.25, -0.2) is 9.37 Å². The summed E-state index contributed by atoms with van der Waals surface area (Å²) in [4.78, 5) is 4.26. The zero-order valence-electron chi connectivity index (χ0n) is 14.8. The number of aryl methyl sites for hydroxylation is 1. The summed E-state index contributed by atoms with van der Waals surface area (Å²) in [5.74, 6) is 0.0931. The number of imidazole rings is 1. The molecule has 0 saturated heterocycles. The number of oxime groups is 1. The summed E-state index contributed by atoms with van der Waals surface area (Å²) in [5.41, 5.74) is 1.04. The second kappa shape index (κ2) is 7.80. The van der Waals surface area contributed by atoms with Crippen LogP contribution in [0.15, 0.2) is 35.7 Å². The highest BCUT2D eigenvalue weighted by atomic mass is 19.1. The molecule has 0 bridgehead atoms. The van der Waals surface area contributed by atoms with Crippen molar-refractivity contribution in [3.8, 4) is 5.69 Å². The van der Waals surface area contributed by atoms with Gasteiger partial charge in [0.2, 0.25) is 0 Å². The minimum absolute atomic E-state index is 0.189. The van der Waals surface area contributed by atoms with Crippen molar-refractivity contribution in [1.82, 2.24) is 14.8 Å². The zero-order valence-corrected chi connectivity index (χ0v) is 14.8. The molecule has 2 rings (SSSR count). The van der Waals surface area contributed by atoms with Gasteiger partial charge in [0, 0.05) is 18.1 Å². The van der Waals surface area contributed by atoms with Crippen LogP contribution in [0.25, 0.3) is 5.69 Å². The molecular formula is C17H22BFN4O2. The van der Waals surface area contributed by atoms with E-state index < -0.39 is 6.04 Å². The fourth-order valence-corrected chi connectivity index (χ4v) is 2.29. The molecule has 0 spiro atoms. The monoisotopic (exact) mass is 344 g/mol. The van der Waals surface area contributed by atoms with E-state index in [-0.39, 0.29) is 23.7 Å². The summed E-state index contributed by atoms with van der Waals surface area (Å²) in [7, 11) is 5.61. The van der Waals surface area contributed by atoms with Gasteiger partial charge in [-0.05, 0) is 51.5 Å². The molecule has 1 aromatic heterocycles. The summed E-state index contributed by atoms with van der Waals surface area (Å²) in [6.07, 6.45) is 3.27. The van der Waals surface area contributed by atoms with Crippen molar-refractivity contribution in [2.75, 3.05) is 6.61 Å². The van der Waals surface area contributed by atoms with Crippen molar-refractivity contribution in [2.24, 2.45) is 5.16 Å². The molecule has 0 saturated carbocycles. The van der Waals surface area contributed by atoms with Gasteiger partial charge in [0.1, 0.15) is 11.5 Å². The molecule has 0 aliphatic rings. The van der Waals surface area contributed by atoms with Crippen molar-refractivity contribution in [3.63, 3.8) is 0 Å². The molecule has 0 aliphatic carbocycles. The summed E-state index contributed by atoms with van der Waals surface area (Å²) in [6.45, 7) is 7.61. The fourth-order valence-electron chi connectivity index (χ4n) is 2.29. The van der Waals surface area contributed by atoms with E-state index in [0.717, 1.165) is 0 Å². The van der Waals surface area contributed by atoms with Crippen LogP contribution >= 0.6 is 0 Å². The molecule has 1 aromatic carbocycles. The van der Waals surface area contributed by atoms with Crippen LogP contribution in [0.4, 0.5) is 4.39 Å². The van der Waals surface area contributed by atoms with Gasteiger partial charge in [-0.2, -0.15) is 0 Å². The van der Waals surface area contributed by atoms with Gasteiger partial charge in [-0.3, -0.25) is 4.57 Å². The van der Waals surface area contributed by atoms with Gasteiger partial charge in [-0.1, -0.05) is 5.16 Å². The Balaban J connectivity index is 2.36. The van der Waals surface area contributed by atoms with Crippen LogP contribution in [0.3, 0.4) is 0 Å². The van der Waals surface area contributed by atoms with Crippen LogP contribution < -0.4 is 5.23 Å². The maximum atomic E-state index is 13.5. The van der Waals surface area contributed by atoms with Gasteiger partial charge in [-0.15, -0.1) is 0 Å². The van der Waals surface area contributed by atoms with Crippen LogP contribution in [0.1, 0.15) is 32.2 Å². The van der Waals surface area contributed by atoms with Gasteiger partial charge in [0.15, 0.2) is 13.8 Å². The second-order valence-corrected chi connectivity index (χ2v) is 6.68. The lowest BCUT2D eigenvalue weighted by Gasteiger charge is -2.25. The smallest absolute Gasteiger partial charge is 0.178 e. The number of rotatable bonds is 6. The third-order valence-electron chi connectivity index (χ3n) is 3.61. The number of halogens is 1. The highest BCUT2D eigenvalue weighted by Gasteiger charge is 2.24. The Labute approximate surface area is 148 Å². The first-order chi connectivity index (χ1) is 11.8. The molecule has 8 heteroatoms. The second-order valence-electron chi connectivity index (χ2n) is 6.68. The first kappa shape index (κ1) is 19.1. The van der Waals surface area contributed by atoms with Crippen molar-refractivity contribution >= 4 is 13.7 Å². The molecule has 2 radical (unpaired) electrons. The molecule has 6 nitrogen and oxygen atoms in total. The highest BCUT2D eigenvalue weighted by molar-refractivity contribution is 6.10. The maximum absolute atomic E-state index is 13.5. The number of aromatic nitrogens is 2. The molecule has 1 unspecified atom stereocenters. The molecule has 2 N–H and O–H groups in total. The summed E-state index contributed by atoms with van der Waals surface area (Å²) < 4.78 is 20.9. The van der Waals surface area contributed by atoms with Crippen LogP contribution in [0.5, 0.6) is 0 Å². The molecule has 0 amide bonds. The third-order valence-corrected chi connectivity index (χ3v) is 3.61. The molecular weight excluding hydrogens is 322 g/mol. The van der Waals surface area contributed by atoms with Gasteiger partial charge < -0.3 is 15.2 Å². The average Bonchev–Trinajstić information content (AvgIpc) is 3.02.